The second-order valence-corrected chi connectivity index (χ2v) is 10.2. The zero-order valence-electron chi connectivity index (χ0n) is 20.1. The van der Waals surface area contributed by atoms with E-state index in [1.54, 1.807) is 24.4 Å². The monoisotopic (exact) mass is 497 g/mol. The van der Waals surface area contributed by atoms with Gasteiger partial charge < -0.3 is 10.4 Å². The molecule has 3 atom stereocenters. The van der Waals surface area contributed by atoms with Crippen molar-refractivity contribution >= 4 is 11.0 Å². The Labute approximate surface area is 208 Å². The molecule has 7 nitrogen and oxygen atoms in total. The molecular weight excluding hydrogens is 465 g/mol. The molecule has 4 rings (SSSR count). The number of aromatic hydroxyl groups is 1. The van der Waals surface area contributed by atoms with Crippen LogP contribution in [0, 0.1) is 5.82 Å². The maximum atomic E-state index is 14.8. The van der Waals surface area contributed by atoms with Gasteiger partial charge in [-0.05, 0) is 68.1 Å². The molecule has 1 fully saturated rings. The number of rotatable bonds is 8. The summed E-state index contributed by atoms with van der Waals surface area (Å²) in [4.78, 5) is 11.6. The molecule has 1 saturated heterocycles. The average Bonchev–Trinajstić information content (AvgIpc) is 2.83. The van der Waals surface area contributed by atoms with E-state index >= 15 is 0 Å². The number of hydrogen-bond donors (Lipinski definition) is 3. The van der Waals surface area contributed by atoms with Gasteiger partial charge in [0.15, 0.2) is 0 Å². The summed E-state index contributed by atoms with van der Waals surface area (Å²) in [5, 5.41) is 18.7. The molecule has 0 amide bonds. The van der Waals surface area contributed by atoms with Crippen molar-refractivity contribution in [3.8, 4) is 17.0 Å². The Hall–Kier alpha value is -2.72. The van der Waals surface area contributed by atoms with Crippen LogP contribution in [0.2, 0.25) is 0 Å². The lowest BCUT2D eigenvalue weighted by Crippen LogP contribution is -2.53. The Morgan fingerprint density at radius 1 is 1.17 bits per heavy atom. The highest BCUT2D eigenvalue weighted by Gasteiger charge is 2.22. The second-order valence-electron chi connectivity index (χ2n) is 9.21. The molecule has 4 N–H and O–H groups in total. The molecule has 186 valence electrons. The third-order valence-electron chi connectivity index (χ3n) is 6.40. The zero-order valence-corrected chi connectivity index (χ0v) is 20.9. The van der Waals surface area contributed by atoms with E-state index in [2.05, 4.69) is 34.0 Å². The first-order valence-corrected chi connectivity index (χ1v) is 13.1. The van der Waals surface area contributed by atoms with Crippen LogP contribution in [0.4, 0.5) is 4.39 Å². The molecule has 1 aliphatic rings. The third kappa shape index (κ3) is 6.49. The number of piperazine rings is 1. The highest BCUT2D eigenvalue weighted by atomic mass is 32.2. The Bertz CT molecular complexity index is 1210. The number of nitrogens with two attached hydrogens (primary N) is 1. The molecule has 0 saturated carbocycles. The summed E-state index contributed by atoms with van der Waals surface area (Å²) >= 11 is 0. The number of halogens is 1. The fourth-order valence-electron chi connectivity index (χ4n) is 4.41. The summed E-state index contributed by atoms with van der Waals surface area (Å²) < 4.78 is 26.3. The number of benzene rings is 2. The number of aryl methyl sites for hydroxylation is 2. The van der Waals surface area contributed by atoms with Crippen LogP contribution < -0.4 is 10.5 Å². The van der Waals surface area contributed by atoms with Crippen molar-refractivity contribution in [3.05, 3.63) is 71.4 Å². The number of phenolic OH excluding ortho intramolecular Hbond substituents is 1. The molecule has 0 aliphatic carbocycles. The van der Waals surface area contributed by atoms with Crippen LogP contribution in [-0.2, 0) is 30.4 Å². The fourth-order valence-corrected chi connectivity index (χ4v) is 4.96. The summed E-state index contributed by atoms with van der Waals surface area (Å²) in [5.74, 6) is 0.264. The smallest absolute Gasteiger partial charge is 0.133 e. The summed E-state index contributed by atoms with van der Waals surface area (Å²) in [7, 11) is -1.74. The Kier molecular flexibility index (Phi) is 8.22. The SMILES string of the molecule is C[C@H]1CN(Cc2ccc(F)c(-c3ccnc(CCCc4ccc(O)c(S(N)=O)c4)n3)c2)[C@@H](C)CN1. The first-order valence-electron chi connectivity index (χ1n) is 11.9. The van der Waals surface area contributed by atoms with Crippen LogP contribution in [0.25, 0.3) is 11.3 Å². The summed E-state index contributed by atoms with van der Waals surface area (Å²) in [6, 6.07) is 12.8. The second kappa shape index (κ2) is 11.3. The highest BCUT2D eigenvalue weighted by molar-refractivity contribution is 7.82. The maximum absolute atomic E-state index is 14.8. The van der Waals surface area contributed by atoms with Gasteiger partial charge in [0, 0.05) is 49.9 Å². The lowest BCUT2D eigenvalue weighted by molar-refractivity contribution is 0.139. The molecule has 2 aromatic carbocycles. The van der Waals surface area contributed by atoms with Crippen molar-refractivity contribution in [2.75, 3.05) is 13.1 Å². The van der Waals surface area contributed by atoms with Crippen molar-refractivity contribution in [1.29, 1.82) is 0 Å². The first-order chi connectivity index (χ1) is 16.8. The fraction of sp³-hybridized carbons (Fsp3) is 0.385. The Morgan fingerprint density at radius 3 is 2.77 bits per heavy atom. The van der Waals surface area contributed by atoms with E-state index in [1.165, 1.54) is 12.1 Å². The number of phenols is 1. The molecule has 0 radical (unpaired) electrons. The van der Waals surface area contributed by atoms with Crippen LogP contribution in [0.15, 0.2) is 53.6 Å². The van der Waals surface area contributed by atoms with E-state index in [1.807, 2.05) is 12.1 Å². The first kappa shape index (κ1) is 25.4. The molecule has 0 spiro atoms. The normalized spacial score (nSPS) is 19.5. The molecule has 35 heavy (non-hydrogen) atoms. The molecule has 9 heteroatoms. The molecule has 0 bridgehead atoms. The lowest BCUT2D eigenvalue weighted by Gasteiger charge is -2.37. The Morgan fingerprint density at radius 2 is 1.97 bits per heavy atom. The molecule has 1 aromatic heterocycles. The number of aromatic nitrogens is 2. The molecule has 1 unspecified atom stereocenters. The molecule has 2 heterocycles. The highest BCUT2D eigenvalue weighted by Crippen LogP contribution is 2.25. The average molecular weight is 498 g/mol. The van der Waals surface area contributed by atoms with E-state index in [0.717, 1.165) is 37.2 Å². The van der Waals surface area contributed by atoms with Gasteiger partial charge in [0.1, 0.15) is 28.4 Å². The zero-order chi connectivity index (χ0) is 24.9. The summed E-state index contributed by atoms with van der Waals surface area (Å²) in [5.41, 5.74) is 3.03. The van der Waals surface area contributed by atoms with Crippen LogP contribution in [0.3, 0.4) is 0 Å². The van der Waals surface area contributed by atoms with Crippen molar-refractivity contribution in [2.24, 2.45) is 5.14 Å². The Balaban J connectivity index is 1.44. The standard InChI is InChI=1S/C26H32FN5O2S/c1-17-15-32(18(2)14-30-17)16-20-6-8-22(27)21(12-20)23-10-11-29-26(31-23)5-3-4-19-7-9-24(33)25(13-19)35(28)34/h6-13,17-18,30,33H,3-5,14-16,28H2,1-2H3/t17-,18-,35?/m0/s1. The van der Waals surface area contributed by atoms with Crippen LogP contribution in [0.1, 0.15) is 37.2 Å². The van der Waals surface area contributed by atoms with E-state index < -0.39 is 11.0 Å². The van der Waals surface area contributed by atoms with Gasteiger partial charge in [-0.2, -0.15) is 0 Å². The van der Waals surface area contributed by atoms with Gasteiger partial charge in [-0.25, -0.2) is 23.7 Å². The van der Waals surface area contributed by atoms with Crippen molar-refractivity contribution < 1.29 is 13.7 Å². The topological polar surface area (TPSA) is 104 Å². The van der Waals surface area contributed by atoms with Gasteiger partial charge in [-0.1, -0.05) is 12.1 Å². The number of nitrogens with zero attached hydrogens (tertiary/aromatic N) is 3. The van der Waals surface area contributed by atoms with Gasteiger partial charge >= 0.3 is 0 Å². The van der Waals surface area contributed by atoms with Crippen molar-refractivity contribution in [3.63, 3.8) is 0 Å². The lowest BCUT2D eigenvalue weighted by atomic mass is 10.0. The van der Waals surface area contributed by atoms with E-state index in [4.69, 9.17) is 5.14 Å². The molecule has 1 aliphatic heterocycles. The molecule has 3 aromatic rings. The van der Waals surface area contributed by atoms with E-state index in [-0.39, 0.29) is 16.5 Å². The van der Waals surface area contributed by atoms with Crippen molar-refractivity contribution in [1.82, 2.24) is 20.2 Å². The van der Waals surface area contributed by atoms with Gasteiger partial charge in [-0.3, -0.25) is 4.90 Å². The van der Waals surface area contributed by atoms with Gasteiger partial charge in [0.05, 0.1) is 10.6 Å². The summed E-state index contributed by atoms with van der Waals surface area (Å²) in [6.07, 6.45) is 3.70. The summed E-state index contributed by atoms with van der Waals surface area (Å²) in [6.45, 7) is 7.04. The minimum Gasteiger partial charge on any atom is -0.507 e. The van der Waals surface area contributed by atoms with Crippen molar-refractivity contribution in [2.45, 2.75) is 56.6 Å². The number of hydrogen-bond acceptors (Lipinski definition) is 6. The predicted molar refractivity (Wildman–Crippen MR) is 135 cm³/mol. The maximum Gasteiger partial charge on any atom is 0.133 e. The minimum absolute atomic E-state index is 0.0733. The van der Waals surface area contributed by atoms with Crippen LogP contribution in [0.5, 0.6) is 5.75 Å². The largest absolute Gasteiger partial charge is 0.507 e. The van der Waals surface area contributed by atoms with Crippen LogP contribution in [-0.4, -0.2) is 49.4 Å². The van der Waals surface area contributed by atoms with Gasteiger partial charge in [0.2, 0.25) is 0 Å². The van der Waals surface area contributed by atoms with Gasteiger partial charge in [0.25, 0.3) is 0 Å². The van der Waals surface area contributed by atoms with Crippen LogP contribution >= 0.6 is 0 Å². The number of nitrogens with one attached hydrogen (secondary N) is 1. The molecular formula is C26H32FN5O2S. The predicted octanol–water partition coefficient (Wildman–Crippen LogP) is 3.33. The van der Waals surface area contributed by atoms with Gasteiger partial charge in [-0.15, -0.1) is 0 Å². The third-order valence-corrected chi connectivity index (χ3v) is 7.16. The van der Waals surface area contributed by atoms with E-state index in [0.29, 0.717) is 42.0 Å². The van der Waals surface area contributed by atoms with E-state index in [9.17, 15) is 13.7 Å². The quantitative estimate of drug-likeness (QED) is 0.441. The minimum atomic E-state index is -1.74.